The molecule has 236 valence electrons. The topological polar surface area (TPSA) is 86.8 Å². The van der Waals surface area contributed by atoms with Crippen molar-refractivity contribution >= 4 is 50.7 Å². The van der Waals surface area contributed by atoms with Gasteiger partial charge in [0.15, 0.2) is 0 Å². The number of anilines is 1. The van der Waals surface area contributed by atoms with Crippen LogP contribution >= 0.6 is 23.2 Å². The molecule has 0 aliphatic rings. The molecule has 0 heterocycles. The van der Waals surface area contributed by atoms with Gasteiger partial charge in [-0.05, 0) is 74.9 Å². The Bertz CT molecular complexity index is 1710. The molecule has 4 aromatic rings. The van der Waals surface area contributed by atoms with Gasteiger partial charge >= 0.3 is 0 Å². The first-order valence-corrected chi connectivity index (χ1v) is 16.4. The number of carbonyl (C=O) groups excluding carboxylic acids is 2. The van der Waals surface area contributed by atoms with E-state index in [0.29, 0.717) is 5.56 Å². The molecule has 11 heteroatoms. The molecule has 0 saturated carbocycles. The first-order chi connectivity index (χ1) is 21.3. The molecule has 1 atom stereocenters. The van der Waals surface area contributed by atoms with Crippen LogP contribution in [0.5, 0.6) is 0 Å². The maximum atomic E-state index is 14.5. The van der Waals surface area contributed by atoms with Crippen molar-refractivity contribution in [2.24, 2.45) is 0 Å². The molecule has 4 rings (SSSR count). The second-order valence-corrected chi connectivity index (χ2v) is 14.1. The van der Waals surface area contributed by atoms with Crippen molar-refractivity contribution in [3.05, 3.63) is 130 Å². The maximum Gasteiger partial charge on any atom is 0.264 e. The zero-order chi connectivity index (χ0) is 32.8. The van der Waals surface area contributed by atoms with E-state index in [-0.39, 0.29) is 33.6 Å². The van der Waals surface area contributed by atoms with Crippen LogP contribution in [0.15, 0.2) is 108 Å². The Morgan fingerprint density at radius 1 is 0.822 bits per heavy atom. The van der Waals surface area contributed by atoms with E-state index in [9.17, 15) is 22.4 Å². The number of halogens is 3. The lowest BCUT2D eigenvalue weighted by Gasteiger charge is -2.35. The van der Waals surface area contributed by atoms with Gasteiger partial charge in [0.05, 0.1) is 10.6 Å². The van der Waals surface area contributed by atoms with Crippen molar-refractivity contribution in [2.45, 2.75) is 50.2 Å². The number of hydrogen-bond acceptors (Lipinski definition) is 4. The lowest BCUT2D eigenvalue weighted by atomic mass is 10.0. The average Bonchev–Trinajstić information content (AvgIpc) is 2.99. The summed E-state index contributed by atoms with van der Waals surface area (Å²) < 4.78 is 42.6. The van der Waals surface area contributed by atoms with Gasteiger partial charge in [-0.25, -0.2) is 12.8 Å². The Balaban J connectivity index is 1.83. The third-order valence-electron chi connectivity index (χ3n) is 6.88. The summed E-state index contributed by atoms with van der Waals surface area (Å²) in [5.74, 6) is -1.71. The zero-order valence-corrected chi connectivity index (χ0v) is 27.4. The molecule has 0 radical (unpaired) electrons. The Morgan fingerprint density at radius 2 is 1.38 bits per heavy atom. The van der Waals surface area contributed by atoms with E-state index in [1.807, 2.05) is 51.1 Å². The number of nitrogens with one attached hydrogen (secondary N) is 1. The predicted molar refractivity (Wildman–Crippen MR) is 176 cm³/mol. The van der Waals surface area contributed by atoms with Crippen LogP contribution in [0.1, 0.15) is 31.9 Å². The quantitative estimate of drug-likeness (QED) is 0.189. The minimum absolute atomic E-state index is 0.132. The summed E-state index contributed by atoms with van der Waals surface area (Å²) in [5.41, 5.74) is 0.770. The second kappa shape index (κ2) is 14.5. The van der Waals surface area contributed by atoms with Gasteiger partial charge in [-0.3, -0.25) is 13.9 Å². The van der Waals surface area contributed by atoms with Crippen molar-refractivity contribution in [2.75, 3.05) is 10.8 Å². The van der Waals surface area contributed by atoms with Gasteiger partial charge in [0.2, 0.25) is 11.8 Å². The van der Waals surface area contributed by atoms with E-state index in [2.05, 4.69) is 5.32 Å². The van der Waals surface area contributed by atoms with Gasteiger partial charge in [0.1, 0.15) is 18.4 Å². The minimum Gasteiger partial charge on any atom is -0.350 e. The van der Waals surface area contributed by atoms with E-state index >= 15 is 0 Å². The fraction of sp³-hybridized carbons (Fsp3) is 0.235. The van der Waals surface area contributed by atoms with Crippen LogP contribution in [-0.4, -0.2) is 43.3 Å². The van der Waals surface area contributed by atoms with Gasteiger partial charge in [-0.15, -0.1) is 0 Å². The number of hydrogen-bond donors (Lipinski definition) is 1. The van der Waals surface area contributed by atoms with E-state index < -0.39 is 45.8 Å². The van der Waals surface area contributed by atoms with Gasteiger partial charge in [-0.2, -0.15) is 0 Å². The van der Waals surface area contributed by atoms with Crippen molar-refractivity contribution < 1.29 is 22.4 Å². The number of para-hydroxylation sites is 1. The summed E-state index contributed by atoms with van der Waals surface area (Å²) in [6.45, 7) is 4.64. The van der Waals surface area contributed by atoms with E-state index in [1.165, 1.54) is 4.90 Å². The number of nitrogens with zero attached hydrogens (tertiary/aromatic N) is 2. The fourth-order valence-corrected chi connectivity index (χ4v) is 6.65. The van der Waals surface area contributed by atoms with Crippen LogP contribution < -0.4 is 9.62 Å². The van der Waals surface area contributed by atoms with Crippen LogP contribution in [-0.2, 0) is 32.6 Å². The van der Waals surface area contributed by atoms with Gasteiger partial charge in [-0.1, -0.05) is 77.8 Å². The standard InChI is InChI=1S/C34H34Cl2FN3O4S/c1-34(2,3)38-33(42)31(21-24-11-6-4-7-12-24)39(22-28-29(35)15-10-16-30(28)36)32(41)23-40(26-13-8-5-9-14-26)45(43,44)27-19-17-25(37)18-20-27/h4-20,31H,21-23H2,1-3H3,(H,38,42)/t31-/m1/s1. The highest BCUT2D eigenvalue weighted by Crippen LogP contribution is 2.29. The average molecular weight is 671 g/mol. The molecule has 45 heavy (non-hydrogen) atoms. The lowest BCUT2D eigenvalue weighted by molar-refractivity contribution is -0.140. The molecule has 0 bridgehead atoms. The third-order valence-corrected chi connectivity index (χ3v) is 9.38. The molecule has 0 spiro atoms. The monoisotopic (exact) mass is 669 g/mol. The van der Waals surface area contributed by atoms with Crippen LogP contribution in [0.4, 0.5) is 10.1 Å². The number of amides is 2. The third kappa shape index (κ3) is 8.84. The molecule has 1 N–H and O–H groups in total. The highest BCUT2D eigenvalue weighted by molar-refractivity contribution is 7.92. The number of sulfonamides is 1. The van der Waals surface area contributed by atoms with E-state index in [4.69, 9.17) is 23.2 Å². The normalized spacial score (nSPS) is 12.3. The van der Waals surface area contributed by atoms with Gasteiger partial charge < -0.3 is 10.2 Å². The van der Waals surface area contributed by atoms with Crippen molar-refractivity contribution in [1.29, 1.82) is 0 Å². The van der Waals surface area contributed by atoms with Crippen LogP contribution in [0, 0.1) is 5.82 Å². The van der Waals surface area contributed by atoms with E-state index in [1.54, 1.807) is 48.5 Å². The SMILES string of the molecule is CC(C)(C)NC(=O)[C@@H](Cc1ccccc1)N(Cc1c(Cl)cccc1Cl)C(=O)CN(c1ccccc1)S(=O)(=O)c1ccc(F)cc1. The summed E-state index contributed by atoms with van der Waals surface area (Å²) in [7, 11) is -4.36. The number of benzene rings is 4. The molecule has 2 amide bonds. The molecule has 0 aromatic heterocycles. The van der Waals surface area contributed by atoms with Gasteiger partial charge in [0, 0.05) is 34.1 Å². The van der Waals surface area contributed by atoms with E-state index in [0.717, 1.165) is 34.1 Å². The number of rotatable bonds is 11. The summed E-state index contributed by atoms with van der Waals surface area (Å²) in [6, 6.07) is 25.5. The Kier molecular flexibility index (Phi) is 10.9. The zero-order valence-electron chi connectivity index (χ0n) is 25.1. The summed E-state index contributed by atoms with van der Waals surface area (Å²) in [5, 5.41) is 3.54. The molecular formula is C34H34Cl2FN3O4S. The van der Waals surface area contributed by atoms with Crippen LogP contribution in [0.3, 0.4) is 0 Å². The fourth-order valence-electron chi connectivity index (χ4n) is 4.72. The van der Waals surface area contributed by atoms with Crippen LogP contribution in [0.25, 0.3) is 0 Å². The van der Waals surface area contributed by atoms with Crippen molar-refractivity contribution in [1.82, 2.24) is 10.2 Å². The Labute approximate surface area is 273 Å². The Hall–Kier alpha value is -3.92. The molecule has 0 saturated heterocycles. The Morgan fingerprint density at radius 3 is 1.93 bits per heavy atom. The van der Waals surface area contributed by atoms with Crippen LogP contribution in [0.2, 0.25) is 10.0 Å². The smallest absolute Gasteiger partial charge is 0.264 e. The molecule has 0 fully saturated rings. The minimum atomic E-state index is -4.36. The lowest BCUT2D eigenvalue weighted by Crippen LogP contribution is -2.56. The molecule has 0 unspecified atom stereocenters. The summed E-state index contributed by atoms with van der Waals surface area (Å²) in [4.78, 5) is 29.5. The maximum absolute atomic E-state index is 14.5. The first kappa shape index (κ1) is 34.0. The van der Waals surface area contributed by atoms with Crippen molar-refractivity contribution in [3.8, 4) is 0 Å². The molecule has 7 nitrogen and oxygen atoms in total. The summed E-state index contributed by atoms with van der Waals surface area (Å²) >= 11 is 13.1. The summed E-state index contributed by atoms with van der Waals surface area (Å²) in [6.07, 6.45) is 0.132. The molecule has 4 aromatic carbocycles. The molecule has 0 aliphatic heterocycles. The number of carbonyl (C=O) groups is 2. The predicted octanol–water partition coefficient (Wildman–Crippen LogP) is 6.88. The molecular weight excluding hydrogens is 636 g/mol. The molecule has 0 aliphatic carbocycles. The largest absolute Gasteiger partial charge is 0.350 e. The second-order valence-electron chi connectivity index (χ2n) is 11.5. The first-order valence-electron chi connectivity index (χ1n) is 14.2. The van der Waals surface area contributed by atoms with Crippen molar-refractivity contribution in [3.63, 3.8) is 0 Å². The highest BCUT2D eigenvalue weighted by atomic mass is 35.5. The van der Waals surface area contributed by atoms with Gasteiger partial charge in [0.25, 0.3) is 10.0 Å². The highest BCUT2D eigenvalue weighted by Gasteiger charge is 2.36.